The first-order valence-electron chi connectivity index (χ1n) is 12.2. The average molecular weight is 507 g/mol. The maximum Gasteiger partial charge on any atom is 0.289 e. The van der Waals surface area contributed by atoms with Crippen LogP contribution in [0.3, 0.4) is 0 Å². The number of carbonyl (C=O) groups is 2. The van der Waals surface area contributed by atoms with Gasteiger partial charge in [0.1, 0.15) is 5.82 Å². The van der Waals surface area contributed by atoms with E-state index in [0.717, 1.165) is 22.2 Å². The topological polar surface area (TPSA) is 93.0 Å². The van der Waals surface area contributed by atoms with Crippen molar-refractivity contribution in [2.24, 2.45) is 5.92 Å². The van der Waals surface area contributed by atoms with E-state index in [-0.39, 0.29) is 17.5 Å². The number of hydrogen-bond donors (Lipinski definition) is 1. The molecule has 1 aliphatic heterocycles. The van der Waals surface area contributed by atoms with Crippen molar-refractivity contribution in [3.63, 3.8) is 0 Å². The van der Waals surface area contributed by atoms with E-state index in [1.165, 1.54) is 24.5 Å². The minimum Gasteiger partial charge on any atom is -0.343 e. The molecule has 0 bridgehead atoms. The van der Waals surface area contributed by atoms with Crippen molar-refractivity contribution in [3.05, 3.63) is 115 Å². The van der Waals surface area contributed by atoms with Gasteiger partial charge in [0.2, 0.25) is 11.7 Å². The highest BCUT2D eigenvalue weighted by atomic mass is 19.1. The lowest BCUT2D eigenvalue weighted by Gasteiger charge is -2.29. The Morgan fingerprint density at radius 3 is 2.37 bits per heavy atom. The van der Waals surface area contributed by atoms with Crippen LogP contribution in [0.2, 0.25) is 0 Å². The van der Waals surface area contributed by atoms with E-state index >= 15 is 0 Å². The molecule has 5 aromatic rings. The zero-order valence-electron chi connectivity index (χ0n) is 20.4. The van der Waals surface area contributed by atoms with Crippen molar-refractivity contribution in [1.82, 2.24) is 25.1 Å². The second-order valence-corrected chi connectivity index (χ2v) is 9.20. The first kappa shape index (κ1) is 23.5. The molecule has 9 heteroatoms. The smallest absolute Gasteiger partial charge is 0.289 e. The van der Waals surface area contributed by atoms with Gasteiger partial charge < -0.3 is 10.2 Å². The first-order valence-corrected chi connectivity index (χ1v) is 12.2. The van der Waals surface area contributed by atoms with Crippen LogP contribution in [0.15, 0.2) is 97.5 Å². The van der Waals surface area contributed by atoms with E-state index in [2.05, 4.69) is 20.4 Å². The monoisotopic (exact) mass is 506 g/mol. The number of hydrogen-bond acceptors (Lipinski definition) is 5. The predicted octanol–water partition coefficient (Wildman–Crippen LogP) is 4.48. The van der Waals surface area contributed by atoms with Gasteiger partial charge in [0.15, 0.2) is 0 Å². The number of amides is 2. The fourth-order valence-corrected chi connectivity index (χ4v) is 5.03. The quantitative estimate of drug-likeness (QED) is 0.380. The van der Waals surface area contributed by atoms with Crippen LogP contribution in [0.1, 0.15) is 29.1 Å². The minimum atomic E-state index is -0.515. The summed E-state index contributed by atoms with van der Waals surface area (Å²) in [6, 6.07) is 22.1. The van der Waals surface area contributed by atoms with Crippen molar-refractivity contribution >= 4 is 28.4 Å². The lowest BCUT2D eigenvalue weighted by molar-refractivity contribution is -0.120. The number of halogens is 1. The van der Waals surface area contributed by atoms with Crippen molar-refractivity contribution in [3.8, 4) is 5.69 Å². The lowest BCUT2D eigenvalue weighted by Crippen LogP contribution is -2.42. The highest BCUT2D eigenvalue weighted by Crippen LogP contribution is 2.41. The van der Waals surface area contributed by atoms with E-state index in [9.17, 15) is 14.0 Å². The molecule has 8 nitrogen and oxygen atoms in total. The molecule has 3 heterocycles. The highest BCUT2D eigenvalue weighted by molar-refractivity contribution is 6.02. The Labute approximate surface area is 217 Å². The van der Waals surface area contributed by atoms with Crippen molar-refractivity contribution < 1.29 is 14.0 Å². The molecule has 0 radical (unpaired) electrons. The van der Waals surface area contributed by atoms with Gasteiger partial charge in [-0.1, -0.05) is 37.3 Å². The maximum atomic E-state index is 13.7. The van der Waals surface area contributed by atoms with Crippen LogP contribution in [0.25, 0.3) is 16.6 Å². The molecule has 3 aromatic carbocycles. The molecule has 38 heavy (non-hydrogen) atoms. The van der Waals surface area contributed by atoms with E-state index in [0.29, 0.717) is 5.69 Å². The maximum absolute atomic E-state index is 13.7. The third-order valence-electron chi connectivity index (χ3n) is 6.89. The molecule has 1 fully saturated rings. The number of aromatic nitrogens is 4. The molecule has 0 aliphatic carbocycles. The summed E-state index contributed by atoms with van der Waals surface area (Å²) < 4.78 is 15.1. The van der Waals surface area contributed by atoms with Crippen LogP contribution < -0.4 is 10.2 Å². The fourth-order valence-electron chi connectivity index (χ4n) is 5.03. The minimum absolute atomic E-state index is 0.0482. The molecular weight excluding hydrogens is 483 g/mol. The second-order valence-electron chi connectivity index (χ2n) is 9.20. The SMILES string of the molecule is CC1C(=O)N(c2ccc3c(cnn3-c3ccc(F)cc3)c2)C(c2ccccc2)C1NC(=O)c1ncccn1. The summed E-state index contributed by atoms with van der Waals surface area (Å²) in [4.78, 5) is 36.6. The number of carbonyl (C=O) groups excluding carboxylic acids is 2. The Hall–Kier alpha value is -4.92. The van der Waals surface area contributed by atoms with Crippen molar-refractivity contribution in [2.45, 2.75) is 19.0 Å². The summed E-state index contributed by atoms with van der Waals surface area (Å²) in [5, 5.41) is 8.32. The molecule has 1 aliphatic rings. The predicted molar refractivity (Wildman–Crippen MR) is 140 cm³/mol. The summed E-state index contributed by atoms with van der Waals surface area (Å²) in [6.07, 6.45) is 4.73. The molecule has 2 aromatic heterocycles. The summed E-state index contributed by atoms with van der Waals surface area (Å²) >= 11 is 0. The van der Waals surface area contributed by atoms with E-state index in [4.69, 9.17) is 0 Å². The molecule has 3 atom stereocenters. The molecular formula is C29H23FN6O2. The first-order chi connectivity index (χ1) is 18.5. The van der Waals surface area contributed by atoms with Crippen LogP contribution in [-0.4, -0.2) is 37.6 Å². The third kappa shape index (κ3) is 4.07. The molecule has 2 amide bonds. The molecule has 0 spiro atoms. The summed E-state index contributed by atoms with van der Waals surface area (Å²) in [6.45, 7) is 1.82. The van der Waals surface area contributed by atoms with Gasteiger partial charge in [-0.05, 0) is 54.1 Å². The molecule has 6 rings (SSSR count). The van der Waals surface area contributed by atoms with Gasteiger partial charge in [0.05, 0.1) is 35.4 Å². The Bertz CT molecular complexity index is 1620. The van der Waals surface area contributed by atoms with Gasteiger partial charge in [-0.25, -0.2) is 19.0 Å². The number of rotatable bonds is 5. The Balaban J connectivity index is 1.39. The molecule has 3 unspecified atom stereocenters. The zero-order valence-corrected chi connectivity index (χ0v) is 20.4. The average Bonchev–Trinajstić information content (AvgIpc) is 3.48. The third-order valence-corrected chi connectivity index (χ3v) is 6.89. The number of nitrogens with one attached hydrogen (secondary N) is 1. The van der Waals surface area contributed by atoms with Crippen LogP contribution in [0.5, 0.6) is 0 Å². The number of fused-ring (bicyclic) bond motifs is 1. The number of nitrogens with zero attached hydrogens (tertiary/aromatic N) is 5. The fraction of sp³-hybridized carbons (Fsp3) is 0.138. The van der Waals surface area contributed by atoms with Crippen molar-refractivity contribution in [2.75, 3.05) is 4.90 Å². The summed E-state index contributed by atoms with van der Waals surface area (Å²) in [7, 11) is 0. The summed E-state index contributed by atoms with van der Waals surface area (Å²) in [5.41, 5.74) is 3.14. The largest absolute Gasteiger partial charge is 0.343 e. The van der Waals surface area contributed by atoms with Gasteiger partial charge in [0.25, 0.3) is 5.91 Å². The molecule has 1 saturated heterocycles. The van der Waals surface area contributed by atoms with Gasteiger partial charge in [-0.15, -0.1) is 0 Å². The Kier molecular flexibility index (Phi) is 5.88. The van der Waals surface area contributed by atoms with Gasteiger partial charge >= 0.3 is 0 Å². The molecule has 188 valence electrons. The van der Waals surface area contributed by atoms with Crippen LogP contribution in [0, 0.1) is 11.7 Å². The van der Waals surface area contributed by atoms with Crippen LogP contribution in [-0.2, 0) is 4.79 Å². The van der Waals surface area contributed by atoms with E-state index < -0.39 is 23.9 Å². The standard InChI is InChI=1S/C29H23FN6O2/c1-18-25(34-28(37)27-31-14-5-15-32-27)26(19-6-3-2-4-7-19)35(29(18)38)23-12-13-24-20(16-23)17-33-36(24)22-10-8-21(30)9-11-22/h2-18,25-26H,1H3,(H,34,37). The Morgan fingerprint density at radius 1 is 0.921 bits per heavy atom. The van der Waals surface area contributed by atoms with Crippen molar-refractivity contribution in [1.29, 1.82) is 0 Å². The van der Waals surface area contributed by atoms with Gasteiger partial charge in [-0.3, -0.25) is 9.59 Å². The van der Waals surface area contributed by atoms with Crippen LogP contribution in [0.4, 0.5) is 10.1 Å². The Morgan fingerprint density at radius 2 is 1.63 bits per heavy atom. The summed E-state index contributed by atoms with van der Waals surface area (Å²) in [5.74, 6) is -1.31. The normalized spacial score (nSPS) is 19.2. The zero-order chi connectivity index (χ0) is 26.2. The lowest BCUT2D eigenvalue weighted by atomic mass is 9.94. The molecule has 1 N–H and O–H groups in total. The van der Waals surface area contributed by atoms with E-state index in [1.807, 2.05) is 55.5 Å². The highest BCUT2D eigenvalue weighted by Gasteiger charge is 2.48. The van der Waals surface area contributed by atoms with E-state index in [1.54, 1.807) is 34.0 Å². The molecule has 0 saturated carbocycles. The number of benzene rings is 3. The van der Waals surface area contributed by atoms with Gasteiger partial charge in [-0.2, -0.15) is 5.10 Å². The van der Waals surface area contributed by atoms with Crippen LogP contribution >= 0.6 is 0 Å². The number of anilines is 1. The second kappa shape index (κ2) is 9.51. The van der Waals surface area contributed by atoms with Gasteiger partial charge in [0, 0.05) is 23.5 Å².